The molecule has 2 aromatic rings. The van der Waals surface area contributed by atoms with Gasteiger partial charge in [-0.3, -0.25) is 19.5 Å². The minimum atomic E-state index is -0.947. The number of nitrogens with one attached hydrogen (secondary N) is 2. The Morgan fingerprint density at radius 3 is 2.75 bits per heavy atom. The van der Waals surface area contributed by atoms with Crippen LogP contribution in [0.25, 0.3) is 0 Å². The highest BCUT2D eigenvalue weighted by atomic mass is 32.1. The maximum absolute atomic E-state index is 12.7. The highest BCUT2D eigenvalue weighted by Gasteiger charge is 2.31. The number of carbonyl (C=O) groups excluding carboxylic acids is 2. The Balaban J connectivity index is 1.66. The van der Waals surface area contributed by atoms with Gasteiger partial charge in [0, 0.05) is 43.1 Å². The second-order valence-corrected chi connectivity index (χ2v) is 8.65. The van der Waals surface area contributed by atoms with Gasteiger partial charge < -0.3 is 10.6 Å². The van der Waals surface area contributed by atoms with Crippen LogP contribution >= 0.6 is 11.3 Å². The van der Waals surface area contributed by atoms with Gasteiger partial charge >= 0.3 is 0 Å². The SMILES string of the molecule is CCc1ccc(CN2CCc3c(C(=O)NC(C)(C)C(=O)NC)csc3C2)nc1. The van der Waals surface area contributed by atoms with Crippen molar-refractivity contribution >= 4 is 23.2 Å². The molecule has 1 aliphatic heterocycles. The number of aromatic nitrogens is 1. The molecule has 2 aromatic heterocycles. The molecule has 3 heterocycles. The Bertz CT molecular complexity index is 858. The number of pyridine rings is 1. The number of fused-ring (bicyclic) bond motifs is 1. The summed E-state index contributed by atoms with van der Waals surface area (Å²) in [7, 11) is 1.57. The van der Waals surface area contributed by atoms with Crippen LogP contribution in [-0.2, 0) is 30.7 Å². The quantitative estimate of drug-likeness (QED) is 0.781. The van der Waals surface area contributed by atoms with Gasteiger partial charge in [-0.15, -0.1) is 11.3 Å². The third-order valence-electron chi connectivity index (χ3n) is 5.17. The summed E-state index contributed by atoms with van der Waals surface area (Å²) in [6.07, 6.45) is 3.78. The molecule has 2 N–H and O–H groups in total. The van der Waals surface area contributed by atoms with Gasteiger partial charge in [-0.05, 0) is 43.9 Å². The molecule has 6 nitrogen and oxygen atoms in total. The van der Waals surface area contributed by atoms with Crippen molar-refractivity contribution in [3.05, 3.63) is 51.0 Å². The first-order valence-electron chi connectivity index (χ1n) is 9.64. The summed E-state index contributed by atoms with van der Waals surface area (Å²) < 4.78 is 0. The van der Waals surface area contributed by atoms with Crippen LogP contribution in [0.15, 0.2) is 23.7 Å². The highest BCUT2D eigenvalue weighted by molar-refractivity contribution is 7.10. The molecule has 150 valence electrons. The number of hydrogen-bond acceptors (Lipinski definition) is 5. The number of thiophene rings is 1. The van der Waals surface area contributed by atoms with E-state index >= 15 is 0 Å². The number of aryl methyl sites for hydroxylation is 1. The second-order valence-electron chi connectivity index (χ2n) is 7.68. The van der Waals surface area contributed by atoms with Gasteiger partial charge in [0.1, 0.15) is 5.54 Å². The van der Waals surface area contributed by atoms with Crippen LogP contribution in [0.2, 0.25) is 0 Å². The van der Waals surface area contributed by atoms with Gasteiger partial charge in [-0.2, -0.15) is 0 Å². The molecule has 0 fully saturated rings. The van der Waals surface area contributed by atoms with Gasteiger partial charge in [0.2, 0.25) is 5.91 Å². The van der Waals surface area contributed by atoms with Gasteiger partial charge in [-0.1, -0.05) is 13.0 Å². The number of carbonyl (C=O) groups is 2. The van der Waals surface area contributed by atoms with Crippen molar-refractivity contribution in [3.63, 3.8) is 0 Å². The molecule has 0 bridgehead atoms. The van der Waals surface area contributed by atoms with Crippen molar-refractivity contribution in [3.8, 4) is 0 Å². The molecule has 2 amide bonds. The first kappa shape index (κ1) is 20.5. The fourth-order valence-electron chi connectivity index (χ4n) is 3.41. The Hall–Kier alpha value is -2.25. The van der Waals surface area contributed by atoms with Crippen molar-refractivity contribution in [1.29, 1.82) is 0 Å². The average molecular weight is 401 g/mol. The van der Waals surface area contributed by atoms with E-state index in [0.29, 0.717) is 5.56 Å². The van der Waals surface area contributed by atoms with Crippen LogP contribution in [-0.4, -0.2) is 40.8 Å². The molecule has 1 aliphatic rings. The van der Waals surface area contributed by atoms with Gasteiger partial charge in [0.25, 0.3) is 5.91 Å². The van der Waals surface area contributed by atoms with Gasteiger partial charge in [-0.25, -0.2) is 0 Å². The molecule has 0 radical (unpaired) electrons. The zero-order chi connectivity index (χ0) is 20.3. The maximum Gasteiger partial charge on any atom is 0.253 e. The van der Waals surface area contributed by atoms with E-state index in [2.05, 4.69) is 39.6 Å². The van der Waals surface area contributed by atoms with E-state index in [4.69, 9.17) is 0 Å². The maximum atomic E-state index is 12.7. The zero-order valence-electron chi connectivity index (χ0n) is 17.0. The average Bonchev–Trinajstić information content (AvgIpc) is 3.11. The summed E-state index contributed by atoms with van der Waals surface area (Å²) in [5.74, 6) is -0.394. The number of amides is 2. The van der Waals surface area contributed by atoms with Crippen molar-refractivity contribution in [2.75, 3.05) is 13.6 Å². The third-order valence-corrected chi connectivity index (χ3v) is 6.18. The third kappa shape index (κ3) is 4.42. The second kappa shape index (κ2) is 8.41. The number of likely N-dealkylation sites (N-methyl/N-ethyl adjacent to an activating group) is 1. The van der Waals surface area contributed by atoms with Crippen LogP contribution < -0.4 is 10.6 Å². The van der Waals surface area contributed by atoms with Crippen LogP contribution in [0.5, 0.6) is 0 Å². The number of nitrogens with zero attached hydrogens (tertiary/aromatic N) is 2. The summed E-state index contributed by atoms with van der Waals surface area (Å²) >= 11 is 1.62. The Kier molecular flexibility index (Phi) is 6.15. The molecule has 0 spiro atoms. The van der Waals surface area contributed by atoms with Crippen molar-refractivity contribution in [2.24, 2.45) is 0 Å². The van der Waals surface area contributed by atoms with E-state index in [-0.39, 0.29) is 11.8 Å². The molecule has 0 aromatic carbocycles. The monoisotopic (exact) mass is 400 g/mol. The van der Waals surface area contributed by atoms with E-state index in [1.807, 2.05) is 11.6 Å². The lowest BCUT2D eigenvalue weighted by molar-refractivity contribution is -0.125. The summed E-state index contributed by atoms with van der Waals surface area (Å²) in [6.45, 7) is 8.07. The van der Waals surface area contributed by atoms with Gasteiger partial charge in [0.15, 0.2) is 0 Å². The lowest BCUT2D eigenvalue weighted by Gasteiger charge is -2.28. The highest BCUT2D eigenvalue weighted by Crippen LogP contribution is 2.29. The Labute approximate surface area is 170 Å². The summed E-state index contributed by atoms with van der Waals surface area (Å²) in [5.41, 5.74) is 3.18. The van der Waals surface area contributed by atoms with Crippen molar-refractivity contribution < 1.29 is 9.59 Å². The van der Waals surface area contributed by atoms with E-state index in [0.717, 1.165) is 43.7 Å². The predicted octanol–water partition coefficient (Wildman–Crippen LogP) is 2.52. The Morgan fingerprint density at radius 2 is 2.11 bits per heavy atom. The largest absolute Gasteiger partial charge is 0.357 e. The van der Waals surface area contributed by atoms with Crippen molar-refractivity contribution in [2.45, 2.75) is 52.2 Å². The van der Waals surface area contributed by atoms with Crippen LogP contribution in [0.1, 0.15) is 52.8 Å². The summed E-state index contributed by atoms with van der Waals surface area (Å²) in [5, 5.41) is 7.36. The number of hydrogen-bond donors (Lipinski definition) is 2. The molecule has 0 saturated heterocycles. The standard InChI is InChI=1S/C21H28N4O2S/c1-5-14-6-7-15(23-10-14)11-25-9-8-16-17(13-28-18(16)12-25)19(26)24-21(2,3)20(27)22-4/h6-7,10,13H,5,8-9,11-12H2,1-4H3,(H,22,27)(H,24,26). The van der Waals surface area contributed by atoms with Crippen LogP contribution in [0, 0.1) is 0 Å². The molecular weight excluding hydrogens is 372 g/mol. The first-order valence-corrected chi connectivity index (χ1v) is 10.5. The number of rotatable bonds is 6. The fraction of sp³-hybridized carbons (Fsp3) is 0.476. The normalized spacial score (nSPS) is 14.4. The topological polar surface area (TPSA) is 74.3 Å². The fourth-order valence-corrected chi connectivity index (χ4v) is 4.53. The summed E-state index contributed by atoms with van der Waals surface area (Å²) in [6, 6.07) is 4.24. The Morgan fingerprint density at radius 1 is 1.32 bits per heavy atom. The van der Waals surface area contributed by atoms with Crippen molar-refractivity contribution in [1.82, 2.24) is 20.5 Å². The molecule has 0 aliphatic carbocycles. The first-order chi connectivity index (χ1) is 13.3. The van der Waals surface area contributed by atoms with E-state index in [9.17, 15) is 9.59 Å². The lowest BCUT2D eigenvalue weighted by Crippen LogP contribution is -2.54. The molecule has 0 atom stereocenters. The molecular formula is C21H28N4O2S. The molecule has 28 heavy (non-hydrogen) atoms. The molecule has 3 rings (SSSR count). The van der Waals surface area contributed by atoms with Crippen LogP contribution in [0.3, 0.4) is 0 Å². The molecule has 0 saturated carbocycles. The smallest absolute Gasteiger partial charge is 0.253 e. The zero-order valence-corrected chi connectivity index (χ0v) is 17.8. The molecule has 0 unspecified atom stereocenters. The minimum absolute atomic E-state index is 0.184. The minimum Gasteiger partial charge on any atom is -0.357 e. The molecule has 7 heteroatoms. The van der Waals surface area contributed by atoms with Gasteiger partial charge in [0.05, 0.1) is 11.3 Å². The van der Waals surface area contributed by atoms with E-state index in [1.54, 1.807) is 32.2 Å². The predicted molar refractivity (Wildman–Crippen MR) is 111 cm³/mol. The lowest BCUT2D eigenvalue weighted by atomic mass is 10.00. The van der Waals surface area contributed by atoms with E-state index < -0.39 is 5.54 Å². The van der Waals surface area contributed by atoms with Crippen LogP contribution in [0.4, 0.5) is 0 Å². The van der Waals surface area contributed by atoms with E-state index in [1.165, 1.54) is 10.4 Å². The summed E-state index contributed by atoms with van der Waals surface area (Å²) in [4.78, 5) is 32.8.